The van der Waals surface area contributed by atoms with Crippen molar-refractivity contribution >= 4 is 17.2 Å². The van der Waals surface area contributed by atoms with Crippen molar-refractivity contribution in [3.8, 4) is 5.82 Å². The van der Waals surface area contributed by atoms with Gasteiger partial charge in [0, 0.05) is 11.9 Å². The van der Waals surface area contributed by atoms with E-state index < -0.39 is 0 Å². The summed E-state index contributed by atoms with van der Waals surface area (Å²) in [6, 6.07) is -0.149. The van der Waals surface area contributed by atoms with Crippen LogP contribution in [-0.2, 0) is 0 Å². The number of tetrazole rings is 1. The van der Waals surface area contributed by atoms with Gasteiger partial charge < -0.3 is 4.90 Å². The van der Waals surface area contributed by atoms with Crippen LogP contribution in [0.5, 0.6) is 0 Å². The summed E-state index contributed by atoms with van der Waals surface area (Å²) in [7, 11) is 1.75. The monoisotopic (exact) mass is 332 g/mol. The molecule has 0 radical (unpaired) electrons. The SMILES string of the molecule is Cc1nc(C(C)N(C)C(=O)c2cn[nH]c2-n2cnnn2)c(C)s1. The Labute approximate surface area is 136 Å². The molecule has 1 unspecified atom stereocenters. The van der Waals surface area contributed by atoms with Crippen LogP contribution in [0.1, 0.15) is 38.9 Å². The zero-order chi connectivity index (χ0) is 16.6. The second-order valence-electron chi connectivity index (χ2n) is 5.15. The van der Waals surface area contributed by atoms with Crippen LogP contribution in [0.3, 0.4) is 0 Å². The van der Waals surface area contributed by atoms with Crippen LogP contribution >= 0.6 is 11.3 Å². The quantitative estimate of drug-likeness (QED) is 0.772. The van der Waals surface area contributed by atoms with E-state index in [4.69, 9.17) is 0 Å². The molecule has 0 aliphatic rings. The highest BCUT2D eigenvalue weighted by molar-refractivity contribution is 7.11. The highest BCUT2D eigenvalue weighted by Gasteiger charge is 2.26. The minimum absolute atomic E-state index is 0.149. The number of hydrogen-bond acceptors (Lipinski definition) is 7. The van der Waals surface area contributed by atoms with E-state index in [2.05, 4.69) is 30.7 Å². The first kappa shape index (κ1) is 15.3. The van der Waals surface area contributed by atoms with Crippen LogP contribution in [0.2, 0.25) is 0 Å². The molecule has 10 heteroatoms. The minimum atomic E-state index is -0.179. The third-order valence-corrected chi connectivity index (χ3v) is 4.57. The fourth-order valence-corrected chi connectivity index (χ4v) is 3.26. The molecule has 0 aliphatic heterocycles. The van der Waals surface area contributed by atoms with Gasteiger partial charge >= 0.3 is 0 Å². The molecule has 0 aliphatic carbocycles. The second-order valence-corrected chi connectivity index (χ2v) is 6.56. The Bertz CT molecular complexity index is 821. The first-order valence-corrected chi connectivity index (χ1v) is 7.78. The van der Waals surface area contributed by atoms with Crippen molar-refractivity contribution in [2.45, 2.75) is 26.8 Å². The van der Waals surface area contributed by atoms with Crippen molar-refractivity contribution in [3.05, 3.63) is 33.7 Å². The van der Waals surface area contributed by atoms with Crippen LogP contribution in [0, 0.1) is 13.8 Å². The fourth-order valence-electron chi connectivity index (χ4n) is 2.36. The molecule has 3 aromatic heterocycles. The molecule has 23 heavy (non-hydrogen) atoms. The molecular formula is C13H16N8OS. The number of H-pyrrole nitrogens is 1. The third kappa shape index (κ3) is 2.72. The van der Waals surface area contributed by atoms with E-state index >= 15 is 0 Å². The molecule has 1 atom stereocenters. The van der Waals surface area contributed by atoms with Gasteiger partial charge in [-0.05, 0) is 31.2 Å². The second kappa shape index (κ2) is 5.88. The third-order valence-electron chi connectivity index (χ3n) is 3.66. The van der Waals surface area contributed by atoms with E-state index in [-0.39, 0.29) is 11.9 Å². The van der Waals surface area contributed by atoms with Gasteiger partial charge in [-0.25, -0.2) is 4.98 Å². The summed E-state index contributed by atoms with van der Waals surface area (Å²) >= 11 is 1.63. The van der Waals surface area contributed by atoms with E-state index in [1.807, 2.05) is 20.8 Å². The van der Waals surface area contributed by atoms with Crippen LogP contribution in [0.4, 0.5) is 0 Å². The Morgan fingerprint density at radius 1 is 1.43 bits per heavy atom. The van der Waals surface area contributed by atoms with Crippen LogP contribution < -0.4 is 0 Å². The van der Waals surface area contributed by atoms with E-state index in [1.165, 1.54) is 17.2 Å². The van der Waals surface area contributed by atoms with Crippen LogP contribution in [0.25, 0.3) is 5.82 Å². The number of nitrogens with zero attached hydrogens (tertiary/aromatic N) is 7. The molecule has 3 aromatic rings. The van der Waals surface area contributed by atoms with Crippen molar-refractivity contribution < 1.29 is 4.79 Å². The minimum Gasteiger partial charge on any atom is -0.333 e. The zero-order valence-electron chi connectivity index (χ0n) is 13.2. The molecule has 1 N–H and O–H groups in total. The number of aryl methyl sites for hydroxylation is 2. The van der Waals surface area contributed by atoms with Crippen molar-refractivity contribution in [3.63, 3.8) is 0 Å². The maximum atomic E-state index is 12.8. The Hall–Kier alpha value is -2.62. The lowest BCUT2D eigenvalue weighted by molar-refractivity contribution is 0.0739. The number of hydrogen-bond donors (Lipinski definition) is 1. The molecule has 3 heterocycles. The lowest BCUT2D eigenvalue weighted by Gasteiger charge is -2.24. The van der Waals surface area contributed by atoms with E-state index in [0.29, 0.717) is 11.4 Å². The zero-order valence-corrected chi connectivity index (χ0v) is 14.0. The first-order valence-electron chi connectivity index (χ1n) is 6.97. The predicted octanol–water partition coefficient (Wildman–Crippen LogP) is 1.29. The molecule has 0 saturated heterocycles. The number of carbonyl (C=O) groups excluding carboxylic acids is 1. The molecular weight excluding hydrogens is 316 g/mol. The Morgan fingerprint density at radius 2 is 2.22 bits per heavy atom. The number of nitrogens with one attached hydrogen (secondary N) is 1. The molecule has 0 saturated carbocycles. The summed E-state index contributed by atoms with van der Waals surface area (Å²) in [5.74, 6) is 0.257. The normalized spacial score (nSPS) is 12.3. The number of aromatic amines is 1. The van der Waals surface area contributed by atoms with Crippen molar-refractivity contribution in [1.82, 2.24) is 40.3 Å². The van der Waals surface area contributed by atoms with E-state index in [9.17, 15) is 4.79 Å². The van der Waals surface area contributed by atoms with E-state index in [1.54, 1.807) is 23.3 Å². The van der Waals surface area contributed by atoms with Gasteiger partial charge in [-0.3, -0.25) is 9.89 Å². The Morgan fingerprint density at radius 3 is 2.83 bits per heavy atom. The summed E-state index contributed by atoms with van der Waals surface area (Å²) in [6.45, 7) is 5.93. The highest BCUT2D eigenvalue weighted by Crippen LogP contribution is 2.27. The molecule has 120 valence electrons. The average molecular weight is 332 g/mol. The molecule has 0 aromatic carbocycles. The van der Waals surface area contributed by atoms with Crippen molar-refractivity contribution in [2.24, 2.45) is 0 Å². The summed E-state index contributed by atoms with van der Waals surface area (Å²) < 4.78 is 1.37. The lowest BCUT2D eigenvalue weighted by Crippen LogP contribution is -2.30. The summed E-state index contributed by atoms with van der Waals surface area (Å²) in [5.41, 5.74) is 1.31. The standard InChI is InChI=1S/C13H16N8OS/c1-7(11-8(2)23-9(3)16-11)20(4)13(22)10-5-14-17-12(10)21-6-15-18-19-21/h5-7H,1-4H3,(H,14,17). The number of amides is 1. The van der Waals surface area contributed by atoms with Gasteiger partial charge in [-0.2, -0.15) is 9.78 Å². The van der Waals surface area contributed by atoms with Gasteiger partial charge in [0.2, 0.25) is 0 Å². The topological polar surface area (TPSA) is 105 Å². The van der Waals surface area contributed by atoms with Crippen LogP contribution in [-0.4, -0.2) is 53.2 Å². The number of carbonyl (C=O) groups is 1. The maximum Gasteiger partial charge on any atom is 0.259 e. The van der Waals surface area contributed by atoms with Gasteiger partial charge in [-0.1, -0.05) is 0 Å². The van der Waals surface area contributed by atoms with Gasteiger partial charge in [0.15, 0.2) is 5.82 Å². The predicted molar refractivity (Wildman–Crippen MR) is 83.4 cm³/mol. The summed E-state index contributed by atoms with van der Waals surface area (Å²) in [5, 5.41) is 18.6. The van der Waals surface area contributed by atoms with Gasteiger partial charge in [0.1, 0.15) is 11.9 Å². The van der Waals surface area contributed by atoms with E-state index in [0.717, 1.165) is 15.6 Å². The largest absolute Gasteiger partial charge is 0.333 e. The van der Waals surface area contributed by atoms with Gasteiger partial charge in [-0.15, -0.1) is 16.4 Å². The fraction of sp³-hybridized carbons (Fsp3) is 0.385. The number of thiazole rings is 1. The Kier molecular flexibility index (Phi) is 3.90. The van der Waals surface area contributed by atoms with Crippen LogP contribution in [0.15, 0.2) is 12.5 Å². The lowest BCUT2D eigenvalue weighted by atomic mass is 10.1. The number of rotatable bonds is 4. The molecule has 0 spiro atoms. The first-order chi connectivity index (χ1) is 11.0. The molecule has 3 rings (SSSR count). The number of aromatic nitrogens is 7. The molecule has 1 amide bonds. The summed E-state index contributed by atoms with van der Waals surface area (Å²) in [6.07, 6.45) is 2.88. The van der Waals surface area contributed by atoms with Gasteiger partial charge in [0.05, 0.1) is 22.9 Å². The summed E-state index contributed by atoms with van der Waals surface area (Å²) in [4.78, 5) is 20.1. The van der Waals surface area contributed by atoms with Gasteiger partial charge in [0.25, 0.3) is 5.91 Å². The molecule has 0 fully saturated rings. The highest BCUT2D eigenvalue weighted by atomic mass is 32.1. The average Bonchev–Trinajstić information content (AvgIpc) is 3.24. The molecule has 9 nitrogen and oxygen atoms in total. The maximum absolute atomic E-state index is 12.8. The smallest absolute Gasteiger partial charge is 0.259 e. The molecule has 0 bridgehead atoms. The van der Waals surface area contributed by atoms with Crippen molar-refractivity contribution in [1.29, 1.82) is 0 Å². The van der Waals surface area contributed by atoms with Crippen molar-refractivity contribution in [2.75, 3.05) is 7.05 Å². The Balaban J connectivity index is 1.89.